The number of carbonyl (C=O) groups is 2. The lowest BCUT2D eigenvalue weighted by Gasteiger charge is -2.26. The van der Waals surface area contributed by atoms with Crippen LogP contribution in [-0.4, -0.2) is 23.9 Å². The molecule has 0 bridgehead atoms. The SMILES string of the molecule is COc1ccc(/C(O)=C2/C(=O)C(=O)N(c3ccc(Nc4ccccc4)cc3)C2c2cccc(C)c2)cc1Br. The van der Waals surface area contributed by atoms with Crippen LogP contribution in [0.2, 0.25) is 0 Å². The minimum Gasteiger partial charge on any atom is -0.507 e. The van der Waals surface area contributed by atoms with Gasteiger partial charge < -0.3 is 15.2 Å². The number of hydrogen-bond donors (Lipinski definition) is 2. The van der Waals surface area contributed by atoms with Crippen molar-refractivity contribution in [2.75, 3.05) is 17.3 Å². The molecule has 1 fully saturated rings. The molecule has 1 unspecified atom stereocenters. The van der Waals surface area contributed by atoms with Crippen LogP contribution in [0.15, 0.2) is 107 Å². The van der Waals surface area contributed by atoms with Crippen LogP contribution in [0, 0.1) is 6.92 Å². The number of aryl methyl sites for hydroxylation is 1. The molecule has 38 heavy (non-hydrogen) atoms. The first-order chi connectivity index (χ1) is 18.4. The normalized spacial score (nSPS) is 16.5. The predicted octanol–water partition coefficient (Wildman–Crippen LogP) is 7.14. The first-order valence-electron chi connectivity index (χ1n) is 12.0. The summed E-state index contributed by atoms with van der Waals surface area (Å²) in [7, 11) is 1.55. The fourth-order valence-electron chi connectivity index (χ4n) is 4.62. The van der Waals surface area contributed by atoms with Crippen molar-refractivity contribution in [1.82, 2.24) is 0 Å². The van der Waals surface area contributed by atoms with Gasteiger partial charge in [0.15, 0.2) is 0 Å². The van der Waals surface area contributed by atoms with Gasteiger partial charge in [-0.15, -0.1) is 0 Å². The van der Waals surface area contributed by atoms with Gasteiger partial charge in [-0.3, -0.25) is 14.5 Å². The van der Waals surface area contributed by atoms with E-state index in [9.17, 15) is 14.7 Å². The van der Waals surface area contributed by atoms with Crippen molar-refractivity contribution in [3.63, 3.8) is 0 Å². The summed E-state index contributed by atoms with van der Waals surface area (Å²) in [6.07, 6.45) is 0. The number of benzene rings is 4. The summed E-state index contributed by atoms with van der Waals surface area (Å²) in [5.41, 5.74) is 4.46. The van der Waals surface area contributed by atoms with E-state index < -0.39 is 17.7 Å². The van der Waals surface area contributed by atoms with Gasteiger partial charge in [-0.2, -0.15) is 0 Å². The molecular formula is C31H25BrN2O4. The maximum Gasteiger partial charge on any atom is 0.300 e. The maximum atomic E-state index is 13.5. The molecule has 7 heteroatoms. The van der Waals surface area contributed by atoms with Crippen LogP contribution in [0.1, 0.15) is 22.7 Å². The predicted molar refractivity (Wildman–Crippen MR) is 153 cm³/mol. The number of nitrogens with one attached hydrogen (secondary N) is 1. The average Bonchev–Trinajstić information content (AvgIpc) is 3.19. The van der Waals surface area contributed by atoms with Crippen LogP contribution in [0.5, 0.6) is 5.75 Å². The zero-order chi connectivity index (χ0) is 26.8. The van der Waals surface area contributed by atoms with Crippen LogP contribution in [0.3, 0.4) is 0 Å². The molecule has 4 aromatic carbocycles. The van der Waals surface area contributed by atoms with E-state index in [0.29, 0.717) is 21.5 Å². The van der Waals surface area contributed by atoms with E-state index in [4.69, 9.17) is 4.74 Å². The summed E-state index contributed by atoms with van der Waals surface area (Å²) in [5.74, 6) is -1.11. The maximum absolute atomic E-state index is 13.5. The second kappa shape index (κ2) is 10.6. The highest BCUT2D eigenvalue weighted by Crippen LogP contribution is 2.43. The smallest absolute Gasteiger partial charge is 0.300 e. The molecule has 1 amide bonds. The molecule has 0 aliphatic carbocycles. The fourth-order valence-corrected chi connectivity index (χ4v) is 5.16. The molecule has 1 saturated heterocycles. The zero-order valence-electron chi connectivity index (χ0n) is 20.8. The average molecular weight is 569 g/mol. The highest BCUT2D eigenvalue weighted by Gasteiger charge is 2.47. The lowest BCUT2D eigenvalue weighted by atomic mass is 9.94. The Morgan fingerprint density at radius 1 is 0.895 bits per heavy atom. The van der Waals surface area contributed by atoms with E-state index in [-0.39, 0.29) is 11.3 Å². The second-order valence-electron chi connectivity index (χ2n) is 8.97. The fraction of sp³-hybridized carbons (Fsp3) is 0.0968. The summed E-state index contributed by atoms with van der Waals surface area (Å²) in [6.45, 7) is 1.94. The third-order valence-corrected chi connectivity index (χ3v) is 7.06. The highest BCUT2D eigenvalue weighted by atomic mass is 79.9. The van der Waals surface area contributed by atoms with Gasteiger partial charge in [0.1, 0.15) is 11.5 Å². The largest absolute Gasteiger partial charge is 0.507 e. The van der Waals surface area contributed by atoms with E-state index in [1.807, 2.05) is 73.7 Å². The third kappa shape index (κ3) is 4.80. The van der Waals surface area contributed by atoms with Gasteiger partial charge in [0, 0.05) is 22.6 Å². The van der Waals surface area contributed by atoms with Crippen LogP contribution in [0.25, 0.3) is 5.76 Å². The molecule has 0 saturated carbocycles. The molecule has 190 valence electrons. The molecule has 1 aliphatic rings. The van der Waals surface area contributed by atoms with Crippen molar-refractivity contribution >= 4 is 50.4 Å². The van der Waals surface area contributed by atoms with Crippen molar-refractivity contribution in [3.8, 4) is 5.75 Å². The summed E-state index contributed by atoms with van der Waals surface area (Å²) in [5, 5.41) is 14.7. The summed E-state index contributed by atoms with van der Waals surface area (Å²) in [6, 6.07) is 28.9. The Kier molecular flexibility index (Phi) is 7.03. The number of Topliss-reactive ketones (excluding diaryl/α,β-unsaturated/α-hetero) is 1. The summed E-state index contributed by atoms with van der Waals surface area (Å²) < 4.78 is 5.91. The van der Waals surface area contributed by atoms with Crippen molar-refractivity contribution in [1.29, 1.82) is 0 Å². The highest BCUT2D eigenvalue weighted by molar-refractivity contribution is 9.10. The number of ether oxygens (including phenoxy) is 1. The Hall–Kier alpha value is -4.36. The number of para-hydroxylation sites is 1. The number of hydrogen-bond acceptors (Lipinski definition) is 5. The van der Waals surface area contributed by atoms with Gasteiger partial charge in [-0.05, 0) is 83.0 Å². The molecule has 4 aromatic rings. The third-order valence-electron chi connectivity index (χ3n) is 6.44. The first-order valence-corrected chi connectivity index (χ1v) is 12.8. The van der Waals surface area contributed by atoms with Crippen LogP contribution in [0.4, 0.5) is 17.1 Å². The van der Waals surface area contributed by atoms with Crippen LogP contribution >= 0.6 is 15.9 Å². The number of rotatable bonds is 6. The number of anilines is 3. The van der Waals surface area contributed by atoms with Gasteiger partial charge >= 0.3 is 0 Å². The Balaban J connectivity index is 1.60. The number of amides is 1. The van der Waals surface area contributed by atoms with E-state index in [2.05, 4.69) is 21.2 Å². The number of methoxy groups -OCH3 is 1. The number of aliphatic hydroxyl groups excluding tert-OH is 1. The lowest BCUT2D eigenvalue weighted by molar-refractivity contribution is -0.132. The van der Waals surface area contributed by atoms with E-state index >= 15 is 0 Å². The van der Waals surface area contributed by atoms with Gasteiger partial charge in [-0.25, -0.2) is 0 Å². The Bertz CT molecular complexity index is 1550. The van der Waals surface area contributed by atoms with Gasteiger partial charge in [0.2, 0.25) is 0 Å². The van der Waals surface area contributed by atoms with Crippen molar-refractivity contribution in [3.05, 3.63) is 124 Å². The van der Waals surface area contributed by atoms with Crippen molar-refractivity contribution in [2.24, 2.45) is 0 Å². The number of halogens is 1. The number of ketones is 1. The first kappa shape index (κ1) is 25.3. The van der Waals surface area contributed by atoms with Crippen molar-refractivity contribution < 1.29 is 19.4 Å². The minimum atomic E-state index is -0.802. The molecule has 0 aromatic heterocycles. The minimum absolute atomic E-state index is 0.0316. The number of aliphatic hydroxyl groups is 1. The molecule has 1 heterocycles. The van der Waals surface area contributed by atoms with E-state index in [0.717, 1.165) is 22.5 Å². The summed E-state index contributed by atoms with van der Waals surface area (Å²) >= 11 is 3.43. The molecule has 2 N–H and O–H groups in total. The Morgan fingerprint density at radius 3 is 2.26 bits per heavy atom. The molecule has 1 atom stereocenters. The Morgan fingerprint density at radius 2 is 1.61 bits per heavy atom. The molecule has 0 spiro atoms. The van der Waals surface area contributed by atoms with E-state index in [1.54, 1.807) is 37.4 Å². The van der Waals surface area contributed by atoms with Crippen LogP contribution < -0.4 is 15.0 Å². The lowest BCUT2D eigenvalue weighted by Crippen LogP contribution is -2.29. The Labute approximate surface area is 229 Å². The second-order valence-corrected chi connectivity index (χ2v) is 9.82. The number of carbonyl (C=O) groups excluding carboxylic acids is 2. The topological polar surface area (TPSA) is 78.9 Å². The molecule has 1 aliphatic heterocycles. The molecule has 5 rings (SSSR count). The quantitative estimate of drug-likeness (QED) is 0.147. The zero-order valence-corrected chi connectivity index (χ0v) is 22.4. The monoisotopic (exact) mass is 568 g/mol. The van der Waals surface area contributed by atoms with Crippen LogP contribution in [-0.2, 0) is 9.59 Å². The summed E-state index contributed by atoms with van der Waals surface area (Å²) in [4.78, 5) is 28.3. The van der Waals surface area contributed by atoms with Gasteiger partial charge in [-0.1, -0.05) is 48.0 Å². The molecule has 0 radical (unpaired) electrons. The molecule has 6 nitrogen and oxygen atoms in total. The number of nitrogens with zero attached hydrogens (tertiary/aromatic N) is 1. The van der Waals surface area contributed by atoms with Crippen molar-refractivity contribution in [2.45, 2.75) is 13.0 Å². The van der Waals surface area contributed by atoms with Gasteiger partial charge in [0.05, 0.1) is 23.2 Å². The molecular weight excluding hydrogens is 544 g/mol. The van der Waals surface area contributed by atoms with E-state index in [1.165, 1.54) is 4.90 Å². The standard InChI is InChI=1S/C31H25BrN2O4/c1-19-7-6-8-20(17-19)28-27(29(35)21-11-16-26(38-2)25(32)18-21)30(36)31(37)34(28)24-14-12-23(13-15-24)33-22-9-4-3-5-10-22/h3-18,28,33,35H,1-2H3/b29-27-. The van der Waals surface area contributed by atoms with Gasteiger partial charge in [0.25, 0.3) is 11.7 Å².